The predicted molar refractivity (Wildman–Crippen MR) is 68.1 cm³/mol. The molecule has 1 aromatic rings. The van der Waals surface area contributed by atoms with Crippen molar-refractivity contribution < 1.29 is 9.53 Å². The highest BCUT2D eigenvalue weighted by atomic mass is 16.5. The van der Waals surface area contributed by atoms with Crippen molar-refractivity contribution in [2.24, 2.45) is 5.73 Å². The lowest BCUT2D eigenvalue weighted by Gasteiger charge is -2.18. The number of ether oxygens (including phenoxy) is 1. The monoisotopic (exact) mass is 236 g/mol. The Balaban J connectivity index is 2.98. The zero-order valence-corrected chi connectivity index (χ0v) is 10.8. The summed E-state index contributed by atoms with van der Waals surface area (Å²) < 4.78 is 5.26. The van der Waals surface area contributed by atoms with Crippen LogP contribution in [0.5, 0.6) is 5.75 Å². The number of hydrogen-bond acceptors (Lipinski definition) is 3. The molecule has 0 spiro atoms. The number of amides is 1. The maximum atomic E-state index is 11.3. The highest BCUT2D eigenvalue weighted by molar-refractivity contribution is 5.78. The molecular formula is C13H20N2O2. The van der Waals surface area contributed by atoms with Gasteiger partial charge in [-0.1, -0.05) is 6.07 Å². The van der Waals surface area contributed by atoms with Gasteiger partial charge in [-0.25, -0.2) is 0 Å². The van der Waals surface area contributed by atoms with Gasteiger partial charge in [-0.3, -0.25) is 4.79 Å². The van der Waals surface area contributed by atoms with Gasteiger partial charge in [0.2, 0.25) is 5.91 Å². The second-order valence-electron chi connectivity index (χ2n) is 4.17. The molecule has 3 N–H and O–H groups in total. The number of rotatable bonds is 4. The third-order valence-corrected chi connectivity index (χ3v) is 2.81. The Labute approximate surface area is 102 Å². The minimum Gasteiger partial charge on any atom is -0.496 e. The maximum Gasteiger partial charge on any atom is 0.234 e. The first-order chi connectivity index (χ1) is 7.99. The van der Waals surface area contributed by atoms with Crippen LogP contribution < -0.4 is 15.8 Å². The van der Waals surface area contributed by atoms with E-state index in [1.807, 2.05) is 32.9 Å². The lowest BCUT2D eigenvalue weighted by molar-refractivity contribution is -0.120. The first-order valence-corrected chi connectivity index (χ1v) is 5.64. The molecule has 1 atom stereocenters. The average Bonchev–Trinajstić information content (AvgIpc) is 2.31. The molecule has 1 amide bonds. The number of carbonyl (C=O) groups excluding carboxylic acids is 1. The number of hydrogen-bond donors (Lipinski definition) is 2. The summed E-state index contributed by atoms with van der Waals surface area (Å²) in [4.78, 5) is 11.3. The van der Waals surface area contributed by atoms with E-state index in [0.29, 0.717) is 0 Å². The molecule has 1 rings (SSSR count). The van der Waals surface area contributed by atoms with Gasteiger partial charge < -0.3 is 15.8 Å². The maximum absolute atomic E-state index is 11.3. The van der Waals surface area contributed by atoms with Crippen molar-refractivity contribution in [2.45, 2.75) is 26.8 Å². The lowest BCUT2D eigenvalue weighted by Crippen LogP contribution is -2.32. The Morgan fingerprint density at radius 1 is 1.41 bits per heavy atom. The quantitative estimate of drug-likeness (QED) is 0.831. The smallest absolute Gasteiger partial charge is 0.234 e. The fourth-order valence-electron chi connectivity index (χ4n) is 1.88. The van der Waals surface area contributed by atoms with E-state index >= 15 is 0 Å². The summed E-state index contributed by atoms with van der Waals surface area (Å²) in [5.41, 5.74) is 8.52. The van der Waals surface area contributed by atoms with Gasteiger partial charge >= 0.3 is 0 Å². The topological polar surface area (TPSA) is 64.3 Å². The van der Waals surface area contributed by atoms with E-state index in [1.165, 1.54) is 0 Å². The second kappa shape index (κ2) is 5.68. The molecule has 1 aromatic carbocycles. The summed E-state index contributed by atoms with van der Waals surface area (Å²) in [5.74, 6) is 0.717. The van der Waals surface area contributed by atoms with Crippen molar-refractivity contribution in [2.75, 3.05) is 13.7 Å². The highest BCUT2D eigenvalue weighted by Gasteiger charge is 2.13. The molecule has 0 aliphatic carbocycles. The Hall–Kier alpha value is -1.55. The van der Waals surface area contributed by atoms with E-state index in [-0.39, 0.29) is 18.5 Å². The van der Waals surface area contributed by atoms with Crippen molar-refractivity contribution in [3.8, 4) is 5.75 Å². The Morgan fingerprint density at radius 2 is 2.06 bits per heavy atom. The molecule has 0 saturated carbocycles. The minimum atomic E-state index is -0.148. The fraction of sp³-hybridized carbons (Fsp3) is 0.462. The second-order valence-corrected chi connectivity index (χ2v) is 4.17. The van der Waals surface area contributed by atoms with E-state index < -0.39 is 0 Å². The predicted octanol–water partition coefficient (Wildman–Crippen LogP) is 1.45. The van der Waals surface area contributed by atoms with Crippen LogP contribution in [0, 0.1) is 13.8 Å². The average molecular weight is 236 g/mol. The summed E-state index contributed by atoms with van der Waals surface area (Å²) >= 11 is 0. The van der Waals surface area contributed by atoms with Crippen LogP contribution in [-0.2, 0) is 4.79 Å². The van der Waals surface area contributed by atoms with Crippen LogP contribution in [0.15, 0.2) is 12.1 Å². The van der Waals surface area contributed by atoms with E-state index in [4.69, 9.17) is 10.5 Å². The summed E-state index contributed by atoms with van der Waals surface area (Å²) in [6, 6.07) is 3.97. The van der Waals surface area contributed by atoms with Crippen molar-refractivity contribution in [1.82, 2.24) is 5.32 Å². The zero-order chi connectivity index (χ0) is 13.0. The van der Waals surface area contributed by atoms with Crippen molar-refractivity contribution in [3.05, 3.63) is 28.8 Å². The normalized spacial score (nSPS) is 12.1. The van der Waals surface area contributed by atoms with Crippen LogP contribution >= 0.6 is 0 Å². The fourth-order valence-corrected chi connectivity index (χ4v) is 1.88. The van der Waals surface area contributed by atoms with E-state index in [2.05, 4.69) is 5.32 Å². The van der Waals surface area contributed by atoms with Gasteiger partial charge in [-0.2, -0.15) is 0 Å². The number of aryl methyl sites for hydroxylation is 2. The summed E-state index contributed by atoms with van der Waals surface area (Å²) in [6.07, 6.45) is 0. The third-order valence-electron chi connectivity index (χ3n) is 2.81. The lowest BCUT2D eigenvalue weighted by atomic mass is 9.99. The molecule has 94 valence electrons. The van der Waals surface area contributed by atoms with Gasteiger partial charge in [0.25, 0.3) is 0 Å². The number of nitrogens with two attached hydrogens (primary N) is 1. The summed E-state index contributed by atoms with van der Waals surface area (Å²) in [5, 5.41) is 2.85. The molecule has 4 nitrogen and oxygen atoms in total. The number of carbonyl (C=O) groups is 1. The van der Waals surface area contributed by atoms with E-state index in [1.54, 1.807) is 7.11 Å². The molecule has 0 heterocycles. The molecular weight excluding hydrogens is 216 g/mol. The molecule has 0 saturated heterocycles. The van der Waals surface area contributed by atoms with Crippen molar-refractivity contribution in [1.29, 1.82) is 0 Å². The molecule has 0 fully saturated rings. The van der Waals surface area contributed by atoms with Crippen molar-refractivity contribution >= 4 is 5.91 Å². The van der Waals surface area contributed by atoms with Crippen LogP contribution in [0.1, 0.15) is 29.7 Å². The van der Waals surface area contributed by atoms with Crippen molar-refractivity contribution in [3.63, 3.8) is 0 Å². The molecule has 0 bridgehead atoms. The van der Waals surface area contributed by atoms with Crippen LogP contribution in [0.25, 0.3) is 0 Å². The van der Waals surface area contributed by atoms with Crippen LogP contribution in [0.3, 0.4) is 0 Å². The largest absolute Gasteiger partial charge is 0.496 e. The Kier molecular flexibility index (Phi) is 4.52. The van der Waals surface area contributed by atoms with E-state index in [9.17, 15) is 4.79 Å². The summed E-state index contributed by atoms with van der Waals surface area (Å²) in [6.45, 7) is 5.95. The van der Waals surface area contributed by atoms with Crippen LogP contribution in [0.2, 0.25) is 0 Å². The highest BCUT2D eigenvalue weighted by Crippen LogP contribution is 2.26. The first kappa shape index (κ1) is 13.5. The molecule has 0 aliphatic rings. The van der Waals surface area contributed by atoms with Gasteiger partial charge in [-0.05, 0) is 43.5 Å². The van der Waals surface area contributed by atoms with Gasteiger partial charge in [0.05, 0.1) is 19.7 Å². The molecule has 0 radical (unpaired) electrons. The van der Waals surface area contributed by atoms with Crippen LogP contribution in [0.4, 0.5) is 0 Å². The summed E-state index contributed by atoms with van der Waals surface area (Å²) in [7, 11) is 1.65. The van der Waals surface area contributed by atoms with Crippen LogP contribution in [-0.4, -0.2) is 19.6 Å². The first-order valence-electron chi connectivity index (χ1n) is 5.64. The van der Waals surface area contributed by atoms with Gasteiger partial charge in [-0.15, -0.1) is 0 Å². The van der Waals surface area contributed by atoms with Gasteiger partial charge in [0, 0.05) is 0 Å². The van der Waals surface area contributed by atoms with E-state index in [0.717, 1.165) is 22.4 Å². The third kappa shape index (κ3) is 3.20. The number of methoxy groups -OCH3 is 1. The zero-order valence-electron chi connectivity index (χ0n) is 10.8. The molecule has 0 aromatic heterocycles. The molecule has 1 unspecified atom stereocenters. The SMILES string of the molecule is COc1cc(C)c(C(C)NC(=O)CN)cc1C. The van der Waals surface area contributed by atoms with Gasteiger partial charge in [0.1, 0.15) is 5.75 Å². The molecule has 4 heteroatoms. The standard InChI is InChI=1S/C13H20N2O2/c1-8-6-12(17-4)9(2)5-11(8)10(3)15-13(16)7-14/h5-6,10H,7,14H2,1-4H3,(H,15,16). The molecule has 0 aliphatic heterocycles. The Bertz CT molecular complexity index is 416. The van der Waals surface area contributed by atoms with Gasteiger partial charge in [0.15, 0.2) is 0 Å². The number of nitrogens with one attached hydrogen (secondary N) is 1. The minimum absolute atomic E-state index is 0.0124. The number of benzene rings is 1. The molecule has 17 heavy (non-hydrogen) atoms. The Morgan fingerprint density at radius 3 is 2.59 bits per heavy atom.